The quantitative estimate of drug-likeness (QED) is 0.843. The van der Waals surface area contributed by atoms with Crippen molar-refractivity contribution in [3.8, 4) is 0 Å². The molecule has 0 aromatic heterocycles. The van der Waals surface area contributed by atoms with E-state index in [1.54, 1.807) is 0 Å². The van der Waals surface area contributed by atoms with Crippen LogP contribution < -0.4 is 5.32 Å². The number of rotatable bonds is 2. The summed E-state index contributed by atoms with van der Waals surface area (Å²) in [5.41, 5.74) is 2.04. The molecule has 20 heavy (non-hydrogen) atoms. The van der Waals surface area contributed by atoms with E-state index >= 15 is 0 Å². The van der Waals surface area contributed by atoms with Gasteiger partial charge in [0.1, 0.15) is 0 Å². The summed E-state index contributed by atoms with van der Waals surface area (Å²) in [4.78, 5) is 0. The lowest BCUT2D eigenvalue weighted by atomic mass is 9.89. The van der Waals surface area contributed by atoms with Gasteiger partial charge in [-0.15, -0.1) is 0 Å². The molecule has 2 heterocycles. The number of nitrogens with one attached hydrogen (secondary N) is 1. The van der Waals surface area contributed by atoms with Gasteiger partial charge in [0, 0.05) is 23.4 Å². The second-order valence-corrected chi connectivity index (χ2v) is 7.67. The molecule has 0 radical (unpaired) electrons. The maximum Gasteiger partial charge on any atom is 0.0799 e. The number of thioether (sulfide) groups is 1. The first-order valence-corrected chi connectivity index (χ1v) is 8.93. The van der Waals surface area contributed by atoms with Gasteiger partial charge in [-0.1, -0.05) is 23.2 Å². The molecular formula is C15H19Cl2NOS. The monoisotopic (exact) mass is 331 g/mol. The average Bonchev–Trinajstić information content (AvgIpc) is 2.84. The zero-order valence-electron chi connectivity index (χ0n) is 11.5. The average molecular weight is 332 g/mol. The summed E-state index contributed by atoms with van der Waals surface area (Å²) >= 11 is 14.5. The van der Waals surface area contributed by atoms with Crippen LogP contribution in [0.3, 0.4) is 0 Å². The van der Waals surface area contributed by atoms with E-state index in [2.05, 4.69) is 5.32 Å². The standard InChI is InChI=1S/C15H19Cl2NOS/c1-10-6-13(17)14(7-12(10)16)18-11-2-4-19-15(8-11)3-5-20-9-15/h6-7,11,18H,2-5,8-9H2,1H3. The number of hydrogen-bond donors (Lipinski definition) is 1. The van der Waals surface area contributed by atoms with Crippen LogP contribution in [0, 0.1) is 6.92 Å². The Labute approximate surface area is 134 Å². The maximum atomic E-state index is 6.32. The summed E-state index contributed by atoms with van der Waals surface area (Å²) < 4.78 is 6.05. The van der Waals surface area contributed by atoms with Gasteiger partial charge in [0.05, 0.1) is 16.3 Å². The first kappa shape index (κ1) is 14.8. The van der Waals surface area contributed by atoms with Crippen LogP contribution in [-0.2, 0) is 4.74 Å². The summed E-state index contributed by atoms with van der Waals surface area (Å²) in [5, 5.41) is 5.07. The lowest BCUT2D eigenvalue weighted by Crippen LogP contribution is -2.44. The van der Waals surface area contributed by atoms with Gasteiger partial charge in [-0.05, 0) is 49.6 Å². The molecular weight excluding hydrogens is 313 g/mol. The normalized spacial score (nSPS) is 29.9. The molecule has 3 rings (SSSR count). The summed E-state index contributed by atoms with van der Waals surface area (Å²) in [5.74, 6) is 2.33. The predicted molar refractivity (Wildman–Crippen MR) is 88.5 cm³/mol. The van der Waals surface area contributed by atoms with Crippen LogP contribution in [0.1, 0.15) is 24.8 Å². The molecule has 2 atom stereocenters. The highest BCUT2D eigenvalue weighted by Crippen LogP contribution is 2.39. The van der Waals surface area contributed by atoms with Gasteiger partial charge in [-0.2, -0.15) is 11.8 Å². The Balaban J connectivity index is 1.73. The van der Waals surface area contributed by atoms with E-state index in [4.69, 9.17) is 27.9 Å². The number of benzene rings is 1. The molecule has 1 aromatic carbocycles. The molecule has 1 aromatic rings. The van der Waals surface area contributed by atoms with Crippen LogP contribution in [0.25, 0.3) is 0 Å². The van der Waals surface area contributed by atoms with E-state index < -0.39 is 0 Å². The van der Waals surface area contributed by atoms with Gasteiger partial charge in [0.25, 0.3) is 0 Å². The Morgan fingerprint density at radius 1 is 1.35 bits per heavy atom. The molecule has 2 saturated heterocycles. The largest absolute Gasteiger partial charge is 0.381 e. The lowest BCUT2D eigenvalue weighted by Gasteiger charge is -2.38. The summed E-state index contributed by atoms with van der Waals surface area (Å²) in [6.45, 7) is 2.80. The molecule has 1 spiro atoms. The van der Waals surface area contributed by atoms with Crippen molar-refractivity contribution >= 4 is 40.7 Å². The number of aryl methyl sites for hydroxylation is 1. The fourth-order valence-electron chi connectivity index (χ4n) is 2.99. The highest BCUT2D eigenvalue weighted by molar-refractivity contribution is 7.99. The van der Waals surface area contributed by atoms with Crippen LogP contribution in [0.5, 0.6) is 0 Å². The molecule has 5 heteroatoms. The zero-order chi connectivity index (χ0) is 14.2. The van der Waals surface area contributed by atoms with Gasteiger partial charge in [0.15, 0.2) is 0 Å². The second-order valence-electron chi connectivity index (χ2n) is 5.75. The van der Waals surface area contributed by atoms with Gasteiger partial charge in [-0.3, -0.25) is 0 Å². The number of halogens is 2. The molecule has 2 nitrogen and oxygen atoms in total. The van der Waals surface area contributed by atoms with E-state index in [9.17, 15) is 0 Å². The predicted octanol–water partition coefficient (Wildman–Crippen LogP) is 4.77. The lowest BCUT2D eigenvalue weighted by molar-refractivity contribution is -0.0628. The first-order chi connectivity index (χ1) is 9.58. The van der Waals surface area contributed by atoms with E-state index in [0.717, 1.165) is 52.9 Å². The topological polar surface area (TPSA) is 21.3 Å². The van der Waals surface area contributed by atoms with Crippen LogP contribution in [-0.4, -0.2) is 29.8 Å². The molecule has 1 N–H and O–H groups in total. The summed E-state index contributed by atoms with van der Waals surface area (Å²) in [6.07, 6.45) is 3.24. The SMILES string of the molecule is Cc1cc(Cl)c(NC2CCOC3(CCSC3)C2)cc1Cl. The maximum absolute atomic E-state index is 6.32. The molecule has 0 saturated carbocycles. The van der Waals surface area contributed by atoms with E-state index in [0.29, 0.717) is 6.04 Å². The third-order valence-electron chi connectivity index (χ3n) is 4.17. The van der Waals surface area contributed by atoms with Gasteiger partial charge < -0.3 is 10.1 Å². The number of hydrogen-bond acceptors (Lipinski definition) is 3. The van der Waals surface area contributed by atoms with Crippen LogP contribution in [0.15, 0.2) is 12.1 Å². The number of ether oxygens (including phenoxy) is 1. The fourth-order valence-corrected chi connectivity index (χ4v) is 4.81. The van der Waals surface area contributed by atoms with Gasteiger partial charge >= 0.3 is 0 Å². The minimum Gasteiger partial charge on any atom is -0.381 e. The van der Waals surface area contributed by atoms with Crippen molar-refractivity contribution in [3.05, 3.63) is 27.7 Å². The van der Waals surface area contributed by atoms with Crippen molar-refractivity contribution in [1.29, 1.82) is 0 Å². The molecule has 0 bridgehead atoms. The van der Waals surface area contributed by atoms with Crippen molar-refractivity contribution in [2.45, 2.75) is 37.8 Å². The van der Waals surface area contributed by atoms with E-state index in [1.807, 2.05) is 30.8 Å². The van der Waals surface area contributed by atoms with E-state index in [-0.39, 0.29) is 5.60 Å². The third kappa shape index (κ3) is 3.06. The zero-order valence-corrected chi connectivity index (χ0v) is 13.9. The second kappa shape index (κ2) is 5.96. The van der Waals surface area contributed by atoms with Crippen molar-refractivity contribution in [2.75, 3.05) is 23.4 Å². The van der Waals surface area contributed by atoms with Crippen molar-refractivity contribution < 1.29 is 4.74 Å². The van der Waals surface area contributed by atoms with Crippen molar-refractivity contribution in [1.82, 2.24) is 0 Å². The van der Waals surface area contributed by atoms with Crippen LogP contribution >= 0.6 is 35.0 Å². The first-order valence-electron chi connectivity index (χ1n) is 7.02. The molecule has 0 amide bonds. The molecule has 2 aliphatic rings. The van der Waals surface area contributed by atoms with Crippen LogP contribution in [0.4, 0.5) is 5.69 Å². The summed E-state index contributed by atoms with van der Waals surface area (Å²) in [6, 6.07) is 4.27. The van der Waals surface area contributed by atoms with Crippen molar-refractivity contribution in [2.24, 2.45) is 0 Å². The van der Waals surface area contributed by atoms with Gasteiger partial charge in [-0.25, -0.2) is 0 Å². The molecule has 2 fully saturated rings. The Hall–Kier alpha value is -0.0900. The highest BCUT2D eigenvalue weighted by atomic mass is 35.5. The molecule has 0 aliphatic carbocycles. The molecule has 2 aliphatic heterocycles. The fraction of sp³-hybridized carbons (Fsp3) is 0.600. The van der Waals surface area contributed by atoms with E-state index in [1.165, 1.54) is 5.75 Å². The third-order valence-corrected chi connectivity index (χ3v) is 6.11. The highest BCUT2D eigenvalue weighted by Gasteiger charge is 2.40. The summed E-state index contributed by atoms with van der Waals surface area (Å²) in [7, 11) is 0. The Morgan fingerprint density at radius 3 is 2.95 bits per heavy atom. The molecule has 2 unspecified atom stereocenters. The Bertz CT molecular complexity index is 503. The van der Waals surface area contributed by atoms with Crippen molar-refractivity contribution in [3.63, 3.8) is 0 Å². The molecule has 110 valence electrons. The van der Waals surface area contributed by atoms with Gasteiger partial charge in [0.2, 0.25) is 0 Å². The van der Waals surface area contributed by atoms with Crippen LogP contribution in [0.2, 0.25) is 10.0 Å². The minimum absolute atomic E-state index is 0.0849. The smallest absolute Gasteiger partial charge is 0.0799 e. The number of anilines is 1. The Morgan fingerprint density at radius 2 is 2.20 bits per heavy atom. The Kier molecular flexibility index (Phi) is 4.42. The minimum atomic E-state index is 0.0849.